The first-order valence-electron chi connectivity index (χ1n) is 8.11. The summed E-state index contributed by atoms with van der Waals surface area (Å²) in [6.45, 7) is 0.616. The van der Waals surface area contributed by atoms with Crippen LogP contribution in [0.3, 0.4) is 0 Å². The summed E-state index contributed by atoms with van der Waals surface area (Å²) in [6.07, 6.45) is 0. The van der Waals surface area contributed by atoms with E-state index < -0.39 is 0 Å². The predicted octanol–water partition coefficient (Wildman–Crippen LogP) is 4.36. The van der Waals surface area contributed by atoms with Gasteiger partial charge in [-0.3, -0.25) is 4.79 Å². The van der Waals surface area contributed by atoms with Crippen LogP contribution < -0.4 is 14.2 Å². The van der Waals surface area contributed by atoms with Gasteiger partial charge in [-0.15, -0.1) is 0 Å². The van der Waals surface area contributed by atoms with Crippen LogP contribution in [0.15, 0.2) is 66.7 Å². The standard InChI is InChI=1S/C21H15FO4/c22-17-6-2-15(3-7-17)21(23)16-4-8-18(9-5-16)24-12-14-1-10-19-20(11-14)26-13-25-19/h1-11H,12-13H2. The molecule has 3 aromatic rings. The third kappa shape index (κ3) is 3.37. The molecule has 0 radical (unpaired) electrons. The lowest BCUT2D eigenvalue weighted by atomic mass is 10.0. The Hall–Kier alpha value is -3.34. The molecule has 5 heteroatoms. The van der Waals surface area contributed by atoms with E-state index >= 15 is 0 Å². The van der Waals surface area contributed by atoms with Gasteiger partial charge in [0, 0.05) is 11.1 Å². The lowest BCUT2D eigenvalue weighted by Crippen LogP contribution is -2.01. The van der Waals surface area contributed by atoms with Gasteiger partial charge >= 0.3 is 0 Å². The van der Waals surface area contributed by atoms with Gasteiger partial charge in [-0.25, -0.2) is 4.39 Å². The number of fused-ring (bicyclic) bond motifs is 1. The van der Waals surface area contributed by atoms with E-state index in [2.05, 4.69) is 0 Å². The van der Waals surface area contributed by atoms with Crippen molar-refractivity contribution in [2.45, 2.75) is 6.61 Å². The largest absolute Gasteiger partial charge is 0.489 e. The first-order valence-corrected chi connectivity index (χ1v) is 8.11. The Morgan fingerprint density at radius 1 is 0.885 bits per heavy atom. The van der Waals surface area contributed by atoms with Crippen molar-refractivity contribution in [3.63, 3.8) is 0 Å². The summed E-state index contributed by atoms with van der Waals surface area (Å²) in [7, 11) is 0. The van der Waals surface area contributed by atoms with Gasteiger partial charge in [0.2, 0.25) is 6.79 Å². The Morgan fingerprint density at radius 2 is 1.54 bits per heavy atom. The molecule has 26 heavy (non-hydrogen) atoms. The number of ether oxygens (including phenoxy) is 3. The molecule has 3 aromatic carbocycles. The molecule has 0 fully saturated rings. The lowest BCUT2D eigenvalue weighted by molar-refractivity contribution is 0.103. The number of hydrogen-bond acceptors (Lipinski definition) is 4. The minimum atomic E-state index is -0.367. The van der Waals surface area contributed by atoms with Crippen molar-refractivity contribution < 1.29 is 23.4 Å². The maximum absolute atomic E-state index is 13.0. The van der Waals surface area contributed by atoms with Crippen molar-refractivity contribution in [2.24, 2.45) is 0 Å². The molecule has 0 N–H and O–H groups in total. The van der Waals surface area contributed by atoms with Crippen LogP contribution in [-0.4, -0.2) is 12.6 Å². The van der Waals surface area contributed by atoms with Crippen molar-refractivity contribution in [1.29, 1.82) is 0 Å². The summed E-state index contributed by atoms with van der Waals surface area (Å²) in [5.74, 6) is 1.57. The fourth-order valence-corrected chi connectivity index (χ4v) is 2.67. The summed E-state index contributed by atoms with van der Waals surface area (Å²) in [4.78, 5) is 12.4. The molecule has 0 amide bonds. The molecule has 4 nitrogen and oxygen atoms in total. The van der Waals surface area contributed by atoms with Crippen molar-refractivity contribution in [3.8, 4) is 17.2 Å². The van der Waals surface area contributed by atoms with E-state index in [4.69, 9.17) is 14.2 Å². The Morgan fingerprint density at radius 3 is 2.27 bits per heavy atom. The second-order valence-electron chi connectivity index (χ2n) is 5.84. The average Bonchev–Trinajstić information content (AvgIpc) is 3.15. The molecule has 1 heterocycles. The highest BCUT2D eigenvalue weighted by molar-refractivity contribution is 6.08. The molecule has 0 saturated heterocycles. The Bertz CT molecular complexity index is 933. The molecule has 1 aliphatic heterocycles. The van der Waals surface area contributed by atoms with Crippen LogP contribution in [0.25, 0.3) is 0 Å². The van der Waals surface area contributed by atoms with Crippen LogP contribution in [0, 0.1) is 5.82 Å². The fourth-order valence-electron chi connectivity index (χ4n) is 2.67. The fraction of sp³-hybridized carbons (Fsp3) is 0.0952. The van der Waals surface area contributed by atoms with Gasteiger partial charge in [0.05, 0.1) is 0 Å². The van der Waals surface area contributed by atoms with Crippen LogP contribution in [0.2, 0.25) is 0 Å². The summed E-state index contributed by atoms with van der Waals surface area (Å²) in [5, 5.41) is 0. The minimum absolute atomic E-state index is 0.160. The lowest BCUT2D eigenvalue weighted by Gasteiger charge is -2.08. The third-order valence-electron chi connectivity index (χ3n) is 4.07. The Balaban J connectivity index is 1.41. The summed E-state index contributed by atoms with van der Waals surface area (Å²) < 4.78 is 29.3. The van der Waals surface area contributed by atoms with Crippen molar-refractivity contribution in [2.75, 3.05) is 6.79 Å². The minimum Gasteiger partial charge on any atom is -0.489 e. The Labute approximate surface area is 149 Å². The van der Waals surface area contributed by atoms with Gasteiger partial charge in [0.15, 0.2) is 17.3 Å². The van der Waals surface area contributed by atoms with Crippen LogP contribution in [0.4, 0.5) is 4.39 Å². The van der Waals surface area contributed by atoms with Crippen LogP contribution in [0.1, 0.15) is 21.5 Å². The highest BCUT2D eigenvalue weighted by Crippen LogP contribution is 2.32. The van der Waals surface area contributed by atoms with Gasteiger partial charge < -0.3 is 14.2 Å². The van der Waals surface area contributed by atoms with Crippen LogP contribution in [-0.2, 0) is 6.61 Å². The van der Waals surface area contributed by atoms with Crippen molar-refractivity contribution in [1.82, 2.24) is 0 Å². The third-order valence-corrected chi connectivity index (χ3v) is 4.07. The number of ketones is 1. The summed E-state index contributed by atoms with van der Waals surface area (Å²) >= 11 is 0. The average molecular weight is 350 g/mol. The first kappa shape index (κ1) is 16.1. The number of carbonyl (C=O) groups excluding carboxylic acids is 1. The molecule has 4 rings (SSSR count). The molecule has 0 saturated carbocycles. The van der Waals surface area contributed by atoms with Crippen LogP contribution >= 0.6 is 0 Å². The molecule has 130 valence electrons. The van der Waals surface area contributed by atoms with E-state index in [9.17, 15) is 9.18 Å². The smallest absolute Gasteiger partial charge is 0.231 e. The van der Waals surface area contributed by atoms with E-state index in [1.807, 2.05) is 18.2 Å². The number of hydrogen-bond donors (Lipinski definition) is 0. The van der Waals surface area contributed by atoms with Crippen molar-refractivity contribution in [3.05, 3.63) is 89.2 Å². The topological polar surface area (TPSA) is 44.8 Å². The van der Waals surface area contributed by atoms with Gasteiger partial charge in [-0.1, -0.05) is 6.07 Å². The highest BCUT2D eigenvalue weighted by atomic mass is 19.1. The summed E-state index contributed by atoms with van der Waals surface area (Å²) in [6, 6.07) is 18.0. The molecular weight excluding hydrogens is 335 g/mol. The molecular formula is C21H15FO4. The maximum Gasteiger partial charge on any atom is 0.231 e. The quantitative estimate of drug-likeness (QED) is 0.641. The van der Waals surface area contributed by atoms with Gasteiger partial charge in [0.1, 0.15) is 18.2 Å². The van der Waals surface area contributed by atoms with E-state index in [0.717, 1.165) is 11.3 Å². The normalized spacial score (nSPS) is 12.0. The monoisotopic (exact) mass is 350 g/mol. The zero-order chi connectivity index (χ0) is 17.9. The van der Waals surface area contributed by atoms with E-state index in [-0.39, 0.29) is 18.4 Å². The predicted molar refractivity (Wildman–Crippen MR) is 93.2 cm³/mol. The van der Waals surface area contributed by atoms with Crippen LogP contribution in [0.5, 0.6) is 17.2 Å². The molecule has 1 aliphatic rings. The number of carbonyl (C=O) groups is 1. The second kappa shape index (κ2) is 6.88. The molecule has 0 spiro atoms. The summed E-state index contributed by atoms with van der Waals surface area (Å²) in [5.41, 5.74) is 1.92. The number of benzene rings is 3. The molecule has 0 atom stereocenters. The first-order chi connectivity index (χ1) is 12.7. The zero-order valence-corrected chi connectivity index (χ0v) is 13.8. The van der Waals surface area contributed by atoms with Crippen molar-refractivity contribution >= 4 is 5.78 Å². The number of rotatable bonds is 5. The van der Waals surface area contributed by atoms with Gasteiger partial charge in [0.25, 0.3) is 0 Å². The van der Waals surface area contributed by atoms with E-state index in [1.165, 1.54) is 24.3 Å². The molecule has 0 aliphatic carbocycles. The SMILES string of the molecule is O=C(c1ccc(F)cc1)c1ccc(OCc2ccc3c(c2)OCO3)cc1. The molecule has 0 aromatic heterocycles. The second-order valence-corrected chi connectivity index (χ2v) is 5.84. The van der Waals surface area contributed by atoms with Gasteiger partial charge in [-0.05, 0) is 66.2 Å². The van der Waals surface area contributed by atoms with E-state index in [1.54, 1.807) is 24.3 Å². The Kier molecular flexibility index (Phi) is 4.27. The maximum atomic E-state index is 13.0. The zero-order valence-electron chi connectivity index (χ0n) is 13.8. The highest BCUT2D eigenvalue weighted by Gasteiger charge is 2.13. The van der Waals surface area contributed by atoms with Gasteiger partial charge in [-0.2, -0.15) is 0 Å². The molecule has 0 unspecified atom stereocenters. The number of halogens is 1. The van der Waals surface area contributed by atoms with E-state index in [0.29, 0.717) is 29.2 Å². The molecule has 0 bridgehead atoms.